The molecule has 0 saturated carbocycles. The molecule has 0 unspecified atom stereocenters. The lowest BCUT2D eigenvalue weighted by Crippen LogP contribution is -2.14. The van der Waals surface area contributed by atoms with Crippen LogP contribution in [0.2, 0.25) is 0 Å². The summed E-state index contributed by atoms with van der Waals surface area (Å²) in [5, 5.41) is 12.7. The molecule has 30 heavy (non-hydrogen) atoms. The summed E-state index contributed by atoms with van der Waals surface area (Å²) in [4.78, 5) is 28.9. The quantitative estimate of drug-likeness (QED) is 0.392. The second-order valence-electron chi connectivity index (χ2n) is 6.37. The van der Waals surface area contributed by atoms with Crippen molar-refractivity contribution in [1.29, 1.82) is 0 Å². The monoisotopic (exact) mass is 445 g/mol. The zero-order chi connectivity index (χ0) is 21.5. The third kappa shape index (κ3) is 5.25. The van der Waals surface area contributed by atoms with Crippen LogP contribution in [0.25, 0.3) is 11.4 Å². The van der Waals surface area contributed by atoms with Crippen molar-refractivity contribution < 1.29 is 14.3 Å². The topological polar surface area (TPSA) is 99.0 Å². The Morgan fingerprint density at radius 1 is 1.23 bits per heavy atom. The van der Waals surface area contributed by atoms with Crippen molar-refractivity contribution in [3.8, 4) is 11.4 Å². The fourth-order valence-electron chi connectivity index (χ4n) is 2.78. The van der Waals surface area contributed by atoms with Gasteiger partial charge in [0.05, 0.1) is 17.4 Å². The van der Waals surface area contributed by atoms with Crippen LogP contribution in [0.3, 0.4) is 0 Å². The van der Waals surface area contributed by atoms with Crippen molar-refractivity contribution in [3.63, 3.8) is 0 Å². The zero-order valence-corrected chi connectivity index (χ0v) is 18.7. The number of thiophene rings is 1. The molecule has 10 heteroatoms. The van der Waals surface area contributed by atoms with Gasteiger partial charge in [0.1, 0.15) is 4.88 Å². The minimum Gasteiger partial charge on any atom is -0.462 e. The van der Waals surface area contributed by atoms with Gasteiger partial charge in [-0.05, 0) is 44.0 Å². The maximum absolute atomic E-state index is 12.4. The number of nitrogens with one attached hydrogen (secondary N) is 1. The van der Waals surface area contributed by atoms with E-state index in [1.165, 1.54) is 23.1 Å². The molecule has 0 aliphatic heterocycles. The molecule has 0 atom stereocenters. The van der Waals surface area contributed by atoms with E-state index < -0.39 is 0 Å². The van der Waals surface area contributed by atoms with E-state index in [2.05, 4.69) is 27.4 Å². The normalized spacial score (nSPS) is 10.8. The van der Waals surface area contributed by atoms with E-state index in [4.69, 9.17) is 4.74 Å². The summed E-state index contributed by atoms with van der Waals surface area (Å²) in [7, 11) is 0. The molecule has 0 saturated heterocycles. The number of thioether (sulfide) groups is 1. The SMILES string of the molecule is CCCn1c(SCC(=O)Nc2cc(C)c(C(=O)OCC)s2)nnc1-c1ccncc1. The lowest BCUT2D eigenvalue weighted by Gasteiger charge is -2.08. The van der Waals surface area contributed by atoms with E-state index >= 15 is 0 Å². The number of pyridine rings is 1. The minimum absolute atomic E-state index is 0.173. The Hall–Kier alpha value is -2.72. The second kappa shape index (κ2) is 10.4. The number of aryl methyl sites for hydroxylation is 1. The summed E-state index contributed by atoms with van der Waals surface area (Å²) >= 11 is 2.55. The van der Waals surface area contributed by atoms with Crippen LogP contribution in [0.5, 0.6) is 0 Å². The van der Waals surface area contributed by atoms with Crippen LogP contribution in [0.4, 0.5) is 5.00 Å². The summed E-state index contributed by atoms with van der Waals surface area (Å²) < 4.78 is 7.06. The fourth-order valence-corrected chi connectivity index (χ4v) is 4.53. The Labute approximate surface area is 183 Å². The molecule has 0 fully saturated rings. The first kappa shape index (κ1) is 22.0. The highest BCUT2D eigenvalue weighted by Crippen LogP contribution is 2.28. The number of ether oxygens (including phenoxy) is 1. The molecule has 0 aromatic carbocycles. The van der Waals surface area contributed by atoms with E-state index in [0.717, 1.165) is 29.9 Å². The summed E-state index contributed by atoms with van der Waals surface area (Å²) in [5.74, 6) is 0.402. The average molecular weight is 446 g/mol. The highest BCUT2D eigenvalue weighted by atomic mass is 32.2. The molecule has 3 aromatic rings. The van der Waals surface area contributed by atoms with Crippen molar-refractivity contribution >= 4 is 40.0 Å². The van der Waals surface area contributed by atoms with Crippen LogP contribution in [0.15, 0.2) is 35.7 Å². The van der Waals surface area contributed by atoms with Gasteiger partial charge in [-0.3, -0.25) is 9.78 Å². The van der Waals surface area contributed by atoms with E-state index in [1.807, 2.05) is 23.6 Å². The second-order valence-corrected chi connectivity index (χ2v) is 8.37. The van der Waals surface area contributed by atoms with Crippen molar-refractivity contribution in [2.45, 2.75) is 38.9 Å². The molecule has 1 N–H and O–H groups in total. The Morgan fingerprint density at radius 2 is 2.00 bits per heavy atom. The molecule has 158 valence electrons. The van der Waals surface area contributed by atoms with Crippen molar-refractivity contribution in [3.05, 3.63) is 41.0 Å². The van der Waals surface area contributed by atoms with E-state index in [1.54, 1.807) is 25.4 Å². The summed E-state index contributed by atoms with van der Waals surface area (Å²) in [6.45, 7) is 6.73. The number of aromatic nitrogens is 4. The lowest BCUT2D eigenvalue weighted by atomic mass is 10.2. The largest absolute Gasteiger partial charge is 0.462 e. The Kier molecular flexibility index (Phi) is 7.58. The predicted octanol–water partition coefficient (Wildman–Crippen LogP) is 4.03. The number of anilines is 1. The fraction of sp³-hybridized carbons (Fsp3) is 0.350. The van der Waals surface area contributed by atoms with Gasteiger partial charge < -0.3 is 14.6 Å². The predicted molar refractivity (Wildman–Crippen MR) is 118 cm³/mol. The third-order valence-electron chi connectivity index (χ3n) is 4.08. The maximum atomic E-state index is 12.4. The first-order valence-electron chi connectivity index (χ1n) is 9.57. The molecule has 8 nitrogen and oxygen atoms in total. The number of esters is 1. The van der Waals surface area contributed by atoms with E-state index in [0.29, 0.717) is 21.6 Å². The lowest BCUT2D eigenvalue weighted by molar-refractivity contribution is -0.113. The molecule has 0 bridgehead atoms. The Morgan fingerprint density at radius 3 is 2.70 bits per heavy atom. The van der Waals surface area contributed by atoms with Gasteiger partial charge in [-0.2, -0.15) is 0 Å². The molecular weight excluding hydrogens is 422 g/mol. The number of nitrogens with zero attached hydrogens (tertiary/aromatic N) is 4. The van der Waals surface area contributed by atoms with Gasteiger partial charge in [-0.1, -0.05) is 18.7 Å². The third-order valence-corrected chi connectivity index (χ3v) is 6.18. The molecular formula is C20H23N5O3S2. The van der Waals surface area contributed by atoms with Crippen molar-refractivity contribution in [1.82, 2.24) is 19.7 Å². The van der Waals surface area contributed by atoms with E-state index in [-0.39, 0.29) is 17.6 Å². The molecule has 0 radical (unpaired) electrons. The van der Waals surface area contributed by atoms with Crippen molar-refractivity contribution in [2.75, 3.05) is 17.7 Å². The first-order valence-corrected chi connectivity index (χ1v) is 11.4. The highest BCUT2D eigenvalue weighted by Gasteiger charge is 2.18. The van der Waals surface area contributed by atoms with Gasteiger partial charge in [0.25, 0.3) is 0 Å². The van der Waals surface area contributed by atoms with Crippen LogP contribution in [0, 0.1) is 6.92 Å². The van der Waals surface area contributed by atoms with Gasteiger partial charge in [0.2, 0.25) is 5.91 Å². The van der Waals surface area contributed by atoms with Crippen LogP contribution < -0.4 is 5.32 Å². The van der Waals surface area contributed by atoms with Gasteiger partial charge >= 0.3 is 5.97 Å². The molecule has 0 aliphatic rings. The van der Waals surface area contributed by atoms with Gasteiger partial charge in [-0.25, -0.2) is 4.79 Å². The van der Waals surface area contributed by atoms with Crippen LogP contribution >= 0.6 is 23.1 Å². The molecule has 0 spiro atoms. The number of hydrogen-bond acceptors (Lipinski definition) is 8. The number of carbonyl (C=O) groups is 2. The molecule has 3 rings (SSSR count). The zero-order valence-electron chi connectivity index (χ0n) is 17.0. The minimum atomic E-state index is -0.369. The summed E-state index contributed by atoms with van der Waals surface area (Å²) in [5.41, 5.74) is 1.72. The van der Waals surface area contributed by atoms with Gasteiger partial charge in [-0.15, -0.1) is 21.5 Å². The van der Waals surface area contributed by atoms with Crippen LogP contribution in [0.1, 0.15) is 35.5 Å². The van der Waals surface area contributed by atoms with Crippen LogP contribution in [-0.4, -0.2) is 44.0 Å². The Bertz CT molecular complexity index is 1020. The van der Waals surface area contributed by atoms with Crippen molar-refractivity contribution in [2.24, 2.45) is 0 Å². The summed E-state index contributed by atoms with van der Waals surface area (Å²) in [6, 6.07) is 5.55. The number of carbonyl (C=O) groups excluding carboxylic acids is 2. The average Bonchev–Trinajstić information content (AvgIpc) is 3.30. The number of hydrogen-bond donors (Lipinski definition) is 1. The van der Waals surface area contributed by atoms with Gasteiger partial charge in [0, 0.05) is 24.5 Å². The highest BCUT2D eigenvalue weighted by molar-refractivity contribution is 7.99. The number of amides is 1. The smallest absolute Gasteiger partial charge is 0.348 e. The van der Waals surface area contributed by atoms with E-state index in [9.17, 15) is 9.59 Å². The molecule has 3 heterocycles. The standard InChI is InChI=1S/C20H23N5O3S2/c1-4-10-25-18(14-6-8-21-9-7-14)23-24-20(25)29-12-15(26)22-16-11-13(3)17(30-16)19(27)28-5-2/h6-9,11H,4-5,10,12H2,1-3H3,(H,22,26). The number of rotatable bonds is 9. The first-order chi connectivity index (χ1) is 14.5. The molecule has 3 aromatic heterocycles. The van der Waals surface area contributed by atoms with Crippen LogP contribution in [-0.2, 0) is 16.1 Å². The molecule has 1 amide bonds. The van der Waals surface area contributed by atoms with Gasteiger partial charge in [0.15, 0.2) is 11.0 Å². The molecule has 0 aliphatic carbocycles. The maximum Gasteiger partial charge on any atom is 0.348 e. The summed E-state index contributed by atoms with van der Waals surface area (Å²) in [6.07, 6.45) is 4.35. The Balaban J connectivity index is 1.66.